The number of pyridine rings is 1. The lowest BCUT2D eigenvalue weighted by molar-refractivity contribution is 0.0941. The van der Waals surface area contributed by atoms with Gasteiger partial charge >= 0.3 is 0 Å². The van der Waals surface area contributed by atoms with Crippen LogP contribution in [0.15, 0.2) is 24.5 Å². The summed E-state index contributed by atoms with van der Waals surface area (Å²) in [6.45, 7) is 2.16. The van der Waals surface area contributed by atoms with Crippen molar-refractivity contribution in [3.63, 3.8) is 0 Å². The summed E-state index contributed by atoms with van der Waals surface area (Å²) in [4.78, 5) is 19.4. The molecule has 0 aliphatic rings. The first-order chi connectivity index (χ1) is 7.75. The predicted molar refractivity (Wildman–Crippen MR) is 56.5 cm³/mol. The highest BCUT2D eigenvalue weighted by Crippen LogP contribution is 1.96. The Hall–Kier alpha value is -2.24. The average Bonchev–Trinajstić information content (AvgIpc) is 2.74. The SMILES string of the molecule is Cc1nc(C(=O)NCc2cccnc2)n[nH]1. The van der Waals surface area contributed by atoms with E-state index in [1.165, 1.54) is 0 Å². The molecule has 0 atom stereocenters. The highest BCUT2D eigenvalue weighted by Gasteiger charge is 2.09. The topological polar surface area (TPSA) is 83.6 Å². The lowest BCUT2D eigenvalue weighted by Gasteiger charge is -2.01. The number of H-pyrrole nitrogens is 1. The van der Waals surface area contributed by atoms with E-state index in [0.717, 1.165) is 5.56 Å². The largest absolute Gasteiger partial charge is 0.345 e. The molecule has 0 bridgehead atoms. The molecule has 0 unspecified atom stereocenters. The molecule has 1 amide bonds. The van der Waals surface area contributed by atoms with Gasteiger partial charge in [0.05, 0.1) is 0 Å². The number of aromatic nitrogens is 4. The second-order valence-electron chi connectivity index (χ2n) is 3.29. The van der Waals surface area contributed by atoms with Crippen LogP contribution < -0.4 is 5.32 Å². The van der Waals surface area contributed by atoms with Crippen LogP contribution in [-0.2, 0) is 6.54 Å². The first-order valence-corrected chi connectivity index (χ1v) is 4.82. The fraction of sp³-hybridized carbons (Fsp3) is 0.200. The van der Waals surface area contributed by atoms with Crippen molar-refractivity contribution in [2.45, 2.75) is 13.5 Å². The number of amides is 1. The number of nitrogens with one attached hydrogen (secondary N) is 2. The molecule has 0 radical (unpaired) electrons. The second-order valence-corrected chi connectivity index (χ2v) is 3.29. The molecule has 0 saturated heterocycles. The summed E-state index contributed by atoms with van der Waals surface area (Å²) in [5.74, 6) is 0.473. The van der Waals surface area contributed by atoms with Crippen LogP contribution in [0.1, 0.15) is 22.0 Å². The molecule has 82 valence electrons. The standard InChI is InChI=1S/C10H11N5O/c1-7-13-9(15-14-7)10(16)12-6-8-3-2-4-11-5-8/h2-5H,6H2,1H3,(H,12,16)(H,13,14,15). The summed E-state index contributed by atoms with van der Waals surface area (Å²) in [5, 5.41) is 9.08. The maximum absolute atomic E-state index is 11.6. The van der Waals surface area contributed by atoms with E-state index in [1.807, 2.05) is 12.1 Å². The quantitative estimate of drug-likeness (QED) is 0.781. The third kappa shape index (κ3) is 2.41. The van der Waals surface area contributed by atoms with Gasteiger partial charge in [-0.3, -0.25) is 14.9 Å². The molecule has 2 N–H and O–H groups in total. The zero-order valence-corrected chi connectivity index (χ0v) is 8.77. The first kappa shape index (κ1) is 10.3. The Balaban J connectivity index is 1.94. The molecule has 2 aromatic rings. The minimum absolute atomic E-state index is 0.154. The lowest BCUT2D eigenvalue weighted by Crippen LogP contribution is -2.24. The van der Waals surface area contributed by atoms with Gasteiger partial charge in [-0.1, -0.05) is 6.07 Å². The van der Waals surface area contributed by atoms with Gasteiger partial charge in [0.15, 0.2) is 0 Å². The highest BCUT2D eigenvalue weighted by atomic mass is 16.2. The minimum Gasteiger partial charge on any atom is -0.345 e. The Morgan fingerprint density at radius 2 is 2.44 bits per heavy atom. The van der Waals surface area contributed by atoms with Crippen LogP contribution >= 0.6 is 0 Å². The highest BCUT2D eigenvalue weighted by molar-refractivity contribution is 5.90. The maximum Gasteiger partial charge on any atom is 0.291 e. The molecule has 2 rings (SSSR count). The van der Waals surface area contributed by atoms with Crippen molar-refractivity contribution in [2.75, 3.05) is 0 Å². The van der Waals surface area contributed by atoms with E-state index in [4.69, 9.17) is 0 Å². The van der Waals surface area contributed by atoms with Crippen LogP contribution in [0.2, 0.25) is 0 Å². The zero-order chi connectivity index (χ0) is 11.4. The smallest absolute Gasteiger partial charge is 0.291 e. The van der Waals surface area contributed by atoms with E-state index < -0.39 is 0 Å². The summed E-state index contributed by atoms with van der Waals surface area (Å²) in [6.07, 6.45) is 3.38. The third-order valence-electron chi connectivity index (χ3n) is 1.98. The predicted octanol–water partition coefficient (Wildman–Crippen LogP) is 0.438. The zero-order valence-electron chi connectivity index (χ0n) is 8.77. The number of carbonyl (C=O) groups is 1. The van der Waals surface area contributed by atoms with Gasteiger partial charge in [-0.25, -0.2) is 4.98 Å². The molecule has 0 saturated carbocycles. The fourth-order valence-electron chi connectivity index (χ4n) is 1.21. The molecule has 0 aliphatic carbocycles. The van der Waals surface area contributed by atoms with Crippen molar-refractivity contribution in [1.29, 1.82) is 0 Å². The summed E-state index contributed by atoms with van der Waals surface area (Å²) < 4.78 is 0. The van der Waals surface area contributed by atoms with Crippen molar-refractivity contribution in [1.82, 2.24) is 25.5 Å². The van der Waals surface area contributed by atoms with Gasteiger partial charge in [0.25, 0.3) is 5.91 Å². The summed E-state index contributed by atoms with van der Waals surface area (Å²) in [6, 6.07) is 3.70. The van der Waals surface area contributed by atoms with Gasteiger partial charge in [-0.05, 0) is 18.6 Å². The van der Waals surface area contributed by atoms with E-state index in [-0.39, 0.29) is 11.7 Å². The van der Waals surface area contributed by atoms with E-state index >= 15 is 0 Å². The van der Waals surface area contributed by atoms with Crippen LogP contribution in [0.3, 0.4) is 0 Å². The molecule has 16 heavy (non-hydrogen) atoms. The van der Waals surface area contributed by atoms with Gasteiger partial charge in [0.2, 0.25) is 5.82 Å². The fourth-order valence-corrected chi connectivity index (χ4v) is 1.21. The molecule has 0 fully saturated rings. The number of rotatable bonds is 3. The molecular weight excluding hydrogens is 206 g/mol. The monoisotopic (exact) mass is 217 g/mol. The van der Waals surface area contributed by atoms with Crippen molar-refractivity contribution in [3.8, 4) is 0 Å². The summed E-state index contributed by atoms with van der Waals surface area (Å²) >= 11 is 0. The van der Waals surface area contributed by atoms with E-state index in [9.17, 15) is 4.79 Å². The van der Waals surface area contributed by atoms with Crippen LogP contribution in [0.25, 0.3) is 0 Å². The summed E-state index contributed by atoms with van der Waals surface area (Å²) in [5.41, 5.74) is 0.933. The van der Waals surface area contributed by atoms with E-state index in [0.29, 0.717) is 12.4 Å². The number of aromatic amines is 1. The second kappa shape index (κ2) is 4.52. The van der Waals surface area contributed by atoms with E-state index in [1.54, 1.807) is 19.3 Å². The third-order valence-corrected chi connectivity index (χ3v) is 1.98. The molecule has 2 aromatic heterocycles. The van der Waals surface area contributed by atoms with Gasteiger partial charge in [0.1, 0.15) is 5.82 Å². The van der Waals surface area contributed by atoms with Crippen molar-refractivity contribution >= 4 is 5.91 Å². The number of hydrogen-bond acceptors (Lipinski definition) is 4. The molecule has 6 heteroatoms. The number of hydrogen-bond donors (Lipinski definition) is 2. The van der Waals surface area contributed by atoms with Crippen LogP contribution in [0.4, 0.5) is 0 Å². The Morgan fingerprint density at radius 1 is 1.56 bits per heavy atom. The van der Waals surface area contributed by atoms with Crippen molar-refractivity contribution in [2.24, 2.45) is 0 Å². The minimum atomic E-state index is -0.298. The Morgan fingerprint density at radius 3 is 3.06 bits per heavy atom. The number of carbonyl (C=O) groups excluding carboxylic acids is 1. The average molecular weight is 217 g/mol. The van der Waals surface area contributed by atoms with Gasteiger partial charge < -0.3 is 5.32 Å². The first-order valence-electron chi connectivity index (χ1n) is 4.82. The molecule has 0 aliphatic heterocycles. The Kier molecular flexibility index (Phi) is 2.90. The molecule has 6 nitrogen and oxygen atoms in total. The summed E-state index contributed by atoms with van der Waals surface area (Å²) in [7, 11) is 0. The molecule has 2 heterocycles. The molecular formula is C10H11N5O. The molecule has 0 spiro atoms. The van der Waals surface area contributed by atoms with Gasteiger partial charge in [0, 0.05) is 18.9 Å². The van der Waals surface area contributed by atoms with Crippen LogP contribution in [0, 0.1) is 6.92 Å². The van der Waals surface area contributed by atoms with Gasteiger partial charge in [-0.2, -0.15) is 0 Å². The van der Waals surface area contributed by atoms with Crippen molar-refractivity contribution < 1.29 is 4.79 Å². The van der Waals surface area contributed by atoms with Crippen LogP contribution in [0.5, 0.6) is 0 Å². The van der Waals surface area contributed by atoms with E-state index in [2.05, 4.69) is 25.5 Å². The normalized spacial score (nSPS) is 10.1. The van der Waals surface area contributed by atoms with Crippen molar-refractivity contribution in [3.05, 3.63) is 41.7 Å². The number of aryl methyl sites for hydroxylation is 1. The lowest BCUT2D eigenvalue weighted by atomic mass is 10.3. The Bertz CT molecular complexity index is 479. The molecule has 0 aromatic carbocycles. The van der Waals surface area contributed by atoms with Gasteiger partial charge in [-0.15, -0.1) is 5.10 Å². The maximum atomic E-state index is 11.6. The number of nitrogens with zero attached hydrogens (tertiary/aromatic N) is 3. The Labute approximate surface area is 92.1 Å². The van der Waals surface area contributed by atoms with Crippen LogP contribution in [-0.4, -0.2) is 26.1 Å².